The molecule has 0 aliphatic carbocycles. The van der Waals surface area contributed by atoms with Crippen molar-refractivity contribution in [3.05, 3.63) is 133 Å². The molecule has 4 heteroatoms. The minimum atomic E-state index is 0.242. The van der Waals surface area contributed by atoms with E-state index in [4.69, 9.17) is 0 Å². The summed E-state index contributed by atoms with van der Waals surface area (Å²) in [5.41, 5.74) is 5.21. The Hall–Kier alpha value is -3.34. The lowest BCUT2D eigenvalue weighted by atomic mass is 10.1. The van der Waals surface area contributed by atoms with Crippen molar-refractivity contribution in [2.24, 2.45) is 0 Å². The molecule has 2 heterocycles. The zero-order valence-electron chi connectivity index (χ0n) is 20.0. The third-order valence-corrected chi connectivity index (χ3v) is 8.74. The summed E-state index contributed by atoms with van der Waals surface area (Å²) in [6.45, 7) is 0. The van der Waals surface area contributed by atoms with Crippen molar-refractivity contribution in [3.63, 3.8) is 0 Å². The van der Waals surface area contributed by atoms with Crippen LogP contribution in [0.4, 0.5) is 0 Å². The molecule has 1 unspecified atom stereocenters. The first-order valence-electron chi connectivity index (χ1n) is 12.4. The minimum Gasteiger partial charge on any atom is -0.361 e. The van der Waals surface area contributed by atoms with Gasteiger partial charge in [0.2, 0.25) is 0 Å². The average Bonchev–Trinajstić information content (AvgIpc) is 3.57. The maximum absolute atomic E-state index is 3.33. The first-order chi connectivity index (χ1) is 17.8. The number of hydrogen-bond donors (Lipinski definition) is 1. The van der Waals surface area contributed by atoms with E-state index in [2.05, 4.69) is 125 Å². The van der Waals surface area contributed by atoms with Gasteiger partial charge < -0.3 is 9.55 Å². The van der Waals surface area contributed by atoms with Gasteiger partial charge in [0.1, 0.15) is 0 Å². The number of fused-ring (bicyclic) bond motifs is 2. The van der Waals surface area contributed by atoms with Crippen molar-refractivity contribution in [1.82, 2.24) is 9.55 Å². The standard InChI is InChI=1S/C32H28N2S2/c1-3-7-28(8-4-1)35-20-17-24-11-14-31-27(21-24)16-19-34(31)32(23-36-29-9-5-2-6-10-29)26-12-13-30-25(22-26)15-18-33-30/h1-16,18-19,21-22,32-33H,17,20,23H2. The van der Waals surface area contributed by atoms with Crippen molar-refractivity contribution < 1.29 is 0 Å². The van der Waals surface area contributed by atoms with E-state index in [1.165, 1.54) is 42.7 Å². The number of rotatable bonds is 9. The first kappa shape index (κ1) is 23.1. The van der Waals surface area contributed by atoms with Crippen LogP contribution in [0.1, 0.15) is 17.2 Å². The number of H-pyrrole nitrogens is 1. The van der Waals surface area contributed by atoms with Crippen LogP contribution in [-0.4, -0.2) is 21.1 Å². The van der Waals surface area contributed by atoms with Crippen LogP contribution in [0.5, 0.6) is 0 Å². The lowest BCUT2D eigenvalue weighted by Crippen LogP contribution is -2.12. The molecule has 0 saturated heterocycles. The van der Waals surface area contributed by atoms with Crippen LogP contribution in [0.3, 0.4) is 0 Å². The van der Waals surface area contributed by atoms with E-state index in [9.17, 15) is 0 Å². The molecule has 0 saturated carbocycles. The van der Waals surface area contributed by atoms with Crippen LogP contribution in [0, 0.1) is 0 Å². The summed E-state index contributed by atoms with van der Waals surface area (Å²) >= 11 is 3.84. The minimum absolute atomic E-state index is 0.242. The number of aromatic nitrogens is 2. The van der Waals surface area contributed by atoms with E-state index in [0.29, 0.717) is 0 Å². The summed E-state index contributed by atoms with van der Waals surface area (Å²) < 4.78 is 2.46. The van der Waals surface area contributed by atoms with Crippen LogP contribution in [0.25, 0.3) is 21.8 Å². The second-order valence-corrected chi connectivity index (χ2v) is 11.3. The highest BCUT2D eigenvalue weighted by molar-refractivity contribution is 7.99. The Labute approximate surface area is 220 Å². The molecule has 0 fully saturated rings. The Bertz CT molecular complexity index is 1570. The summed E-state index contributed by atoms with van der Waals surface area (Å²) in [6.07, 6.45) is 5.35. The van der Waals surface area contributed by atoms with Gasteiger partial charge in [0.15, 0.2) is 0 Å². The zero-order valence-corrected chi connectivity index (χ0v) is 21.6. The number of aryl methyl sites for hydroxylation is 1. The molecule has 0 amide bonds. The molecule has 1 N–H and O–H groups in total. The van der Waals surface area contributed by atoms with Crippen molar-refractivity contribution in [2.75, 3.05) is 11.5 Å². The number of nitrogens with one attached hydrogen (secondary N) is 1. The van der Waals surface area contributed by atoms with Crippen LogP contribution in [0.2, 0.25) is 0 Å². The van der Waals surface area contributed by atoms with Gasteiger partial charge in [-0.2, -0.15) is 0 Å². The fourth-order valence-corrected chi connectivity index (χ4v) is 6.73. The maximum atomic E-state index is 3.33. The number of hydrogen-bond acceptors (Lipinski definition) is 2. The van der Waals surface area contributed by atoms with E-state index < -0.39 is 0 Å². The molecule has 6 aromatic rings. The van der Waals surface area contributed by atoms with Crippen LogP contribution >= 0.6 is 23.5 Å². The van der Waals surface area contributed by atoms with Crippen LogP contribution in [0.15, 0.2) is 131 Å². The van der Waals surface area contributed by atoms with Crippen molar-refractivity contribution >= 4 is 45.3 Å². The molecule has 6 rings (SSSR count). The molecule has 0 radical (unpaired) electrons. The molecule has 4 aromatic carbocycles. The normalized spacial score (nSPS) is 12.3. The second-order valence-electron chi connectivity index (χ2n) is 8.99. The summed E-state index contributed by atoms with van der Waals surface area (Å²) in [6, 6.07) is 39.9. The smallest absolute Gasteiger partial charge is 0.0680 e. The average molecular weight is 505 g/mol. The van der Waals surface area contributed by atoms with Gasteiger partial charge in [0, 0.05) is 44.7 Å². The summed E-state index contributed by atoms with van der Waals surface area (Å²) in [4.78, 5) is 5.97. The topological polar surface area (TPSA) is 20.7 Å². The second kappa shape index (κ2) is 10.7. The number of thioether (sulfide) groups is 2. The molecule has 0 aliphatic heterocycles. The highest BCUT2D eigenvalue weighted by Gasteiger charge is 2.17. The van der Waals surface area contributed by atoms with E-state index in [1.54, 1.807) is 0 Å². The number of nitrogens with zero attached hydrogens (tertiary/aromatic N) is 1. The van der Waals surface area contributed by atoms with Crippen molar-refractivity contribution in [2.45, 2.75) is 22.3 Å². The highest BCUT2D eigenvalue weighted by atomic mass is 32.2. The molecule has 2 nitrogen and oxygen atoms in total. The molecule has 178 valence electrons. The summed E-state index contributed by atoms with van der Waals surface area (Å²) in [7, 11) is 0. The van der Waals surface area contributed by atoms with Gasteiger partial charge in [-0.15, -0.1) is 23.5 Å². The molecule has 2 aromatic heterocycles. The quantitative estimate of drug-likeness (QED) is 0.199. The van der Waals surface area contributed by atoms with Crippen molar-refractivity contribution in [1.29, 1.82) is 0 Å². The lowest BCUT2D eigenvalue weighted by molar-refractivity contribution is 0.674. The SMILES string of the molecule is c1ccc(SCCc2ccc3c(ccn3C(CSc3ccccc3)c3ccc4[nH]ccc4c3)c2)cc1. The van der Waals surface area contributed by atoms with Gasteiger partial charge >= 0.3 is 0 Å². The predicted molar refractivity (Wildman–Crippen MR) is 156 cm³/mol. The fraction of sp³-hybridized carbons (Fsp3) is 0.125. The van der Waals surface area contributed by atoms with Gasteiger partial charge in [0.25, 0.3) is 0 Å². The molecular formula is C32H28N2S2. The van der Waals surface area contributed by atoms with Gasteiger partial charge in [-0.1, -0.05) is 48.5 Å². The van der Waals surface area contributed by atoms with Gasteiger partial charge in [-0.05, 0) is 89.0 Å². The molecule has 0 bridgehead atoms. The third kappa shape index (κ3) is 5.11. The van der Waals surface area contributed by atoms with Gasteiger partial charge in [-0.3, -0.25) is 0 Å². The monoisotopic (exact) mass is 504 g/mol. The Morgan fingerprint density at radius 1 is 0.694 bits per heavy atom. The highest BCUT2D eigenvalue weighted by Crippen LogP contribution is 2.33. The Morgan fingerprint density at radius 2 is 1.47 bits per heavy atom. The maximum Gasteiger partial charge on any atom is 0.0680 e. The molecule has 0 aliphatic rings. The number of benzene rings is 4. The van der Waals surface area contributed by atoms with E-state index >= 15 is 0 Å². The van der Waals surface area contributed by atoms with Gasteiger partial charge in [0.05, 0.1) is 6.04 Å². The largest absolute Gasteiger partial charge is 0.361 e. The summed E-state index contributed by atoms with van der Waals surface area (Å²) in [5, 5.41) is 2.58. The molecule has 36 heavy (non-hydrogen) atoms. The summed E-state index contributed by atoms with van der Waals surface area (Å²) in [5.74, 6) is 2.06. The predicted octanol–water partition coefficient (Wildman–Crippen LogP) is 8.84. The Balaban J connectivity index is 1.27. The first-order valence-corrected chi connectivity index (χ1v) is 14.3. The fourth-order valence-electron chi connectivity index (χ4n) is 4.75. The molecule has 0 spiro atoms. The Kier molecular flexibility index (Phi) is 6.88. The lowest BCUT2D eigenvalue weighted by Gasteiger charge is -2.21. The third-order valence-electron chi connectivity index (χ3n) is 6.64. The molecule has 1 atom stereocenters. The Morgan fingerprint density at radius 3 is 2.28 bits per heavy atom. The van der Waals surface area contributed by atoms with E-state index in [-0.39, 0.29) is 6.04 Å². The van der Waals surface area contributed by atoms with E-state index in [0.717, 1.165) is 17.9 Å². The molecular weight excluding hydrogens is 477 g/mol. The zero-order chi connectivity index (χ0) is 24.2. The van der Waals surface area contributed by atoms with Crippen LogP contribution in [-0.2, 0) is 6.42 Å². The number of aromatic amines is 1. The van der Waals surface area contributed by atoms with Crippen LogP contribution < -0.4 is 0 Å². The van der Waals surface area contributed by atoms with E-state index in [1.807, 2.05) is 29.7 Å². The van der Waals surface area contributed by atoms with Crippen molar-refractivity contribution in [3.8, 4) is 0 Å². The van der Waals surface area contributed by atoms with Gasteiger partial charge in [-0.25, -0.2) is 0 Å².